The van der Waals surface area contributed by atoms with Crippen LogP contribution in [0, 0.1) is 5.92 Å². The van der Waals surface area contributed by atoms with Gasteiger partial charge in [-0.1, -0.05) is 30.9 Å². The van der Waals surface area contributed by atoms with Crippen molar-refractivity contribution in [3.8, 4) is 11.5 Å². The first-order valence-corrected chi connectivity index (χ1v) is 7.76. The third kappa shape index (κ3) is 4.03. The Hall–Kier alpha value is -0.930. The van der Waals surface area contributed by atoms with Gasteiger partial charge in [0.2, 0.25) is 0 Å². The van der Waals surface area contributed by atoms with Crippen LogP contribution < -0.4 is 14.8 Å². The molecule has 4 heteroatoms. The van der Waals surface area contributed by atoms with E-state index in [9.17, 15) is 0 Å². The highest BCUT2D eigenvalue weighted by molar-refractivity contribution is 6.32. The number of hydrogen-bond acceptors (Lipinski definition) is 3. The van der Waals surface area contributed by atoms with Crippen molar-refractivity contribution >= 4 is 11.6 Å². The molecule has 0 amide bonds. The zero-order chi connectivity index (χ0) is 14.4. The molecular formula is C16H24ClNO2. The number of rotatable bonds is 6. The molecule has 2 rings (SSSR count). The van der Waals surface area contributed by atoms with E-state index in [2.05, 4.69) is 5.32 Å². The van der Waals surface area contributed by atoms with Gasteiger partial charge in [-0.2, -0.15) is 0 Å². The highest BCUT2D eigenvalue weighted by Gasteiger charge is 2.17. The van der Waals surface area contributed by atoms with Crippen LogP contribution in [0.2, 0.25) is 5.02 Å². The Kier molecular flexibility index (Phi) is 5.99. The van der Waals surface area contributed by atoms with Crippen molar-refractivity contribution < 1.29 is 9.47 Å². The standard InChI is InChI=1S/C16H24ClNO2/c1-18-10-13-8-14(17)16(15(9-13)19-2)20-11-12-6-4-3-5-7-12/h8-9,12,18H,3-7,10-11H2,1-2H3. The van der Waals surface area contributed by atoms with Crippen molar-refractivity contribution in [1.82, 2.24) is 5.32 Å². The molecule has 1 aliphatic rings. The largest absolute Gasteiger partial charge is 0.493 e. The highest BCUT2D eigenvalue weighted by atomic mass is 35.5. The number of methoxy groups -OCH3 is 1. The van der Waals surface area contributed by atoms with E-state index in [1.807, 2.05) is 19.2 Å². The molecule has 0 spiro atoms. The van der Waals surface area contributed by atoms with Gasteiger partial charge in [-0.15, -0.1) is 0 Å². The van der Waals surface area contributed by atoms with Crippen LogP contribution >= 0.6 is 11.6 Å². The van der Waals surface area contributed by atoms with E-state index in [1.165, 1.54) is 32.1 Å². The van der Waals surface area contributed by atoms with Crippen LogP contribution in [0.25, 0.3) is 0 Å². The maximum atomic E-state index is 6.33. The van der Waals surface area contributed by atoms with Gasteiger partial charge in [-0.3, -0.25) is 0 Å². The van der Waals surface area contributed by atoms with Crippen LogP contribution in [0.15, 0.2) is 12.1 Å². The molecule has 0 radical (unpaired) electrons. The minimum Gasteiger partial charge on any atom is -0.493 e. The topological polar surface area (TPSA) is 30.5 Å². The Balaban J connectivity index is 2.05. The van der Waals surface area contributed by atoms with E-state index in [4.69, 9.17) is 21.1 Å². The lowest BCUT2D eigenvalue weighted by Crippen LogP contribution is -2.16. The van der Waals surface area contributed by atoms with Crippen molar-refractivity contribution in [1.29, 1.82) is 0 Å². The van der Waals surface area contributed by atoms with Gasteiger partial charge in [0.1, 0.15) is 0 Å². The first-order valence-electron chi connectivity index (χ1n) is 7.38. The minimum absolute atomic E-state index is 0.630. The van der Waals surface area contributed by atoms with Crippen LogP contribution in [0.4, 0.5) is 0 Å². The first-order chi connectivity index (χ1) is 9.74. The van der Waals surface area contributed by atoms with Gasteiger partial charge in [0.05, 0.1) is 18.7 Å². The number of ether oxygens (including phenoxy) is 2. The van der Waals surface area contributed by atoms with Crippen LogP contribution in [-0.2, 0) is 6.54 Å². The predicted octanol–water partition coefficient (Wildman–Crippen LogP) is 4.03. The van der Waals surface area contributed by atoms with Crippen molar-refractivity contribution in [2.24, 2.45) is 5.92 Å². The van der Waals surface area contributed by atoms with E-state index in [1.54, 1.807) is 7.11 Å². The van der Waals surface area contributed by atoms with Gasteiger partial charge in [-0.05, 0) is 43.5 Å². The molecule has 1 fully saturated rings. The normalized spacial score (nSPS) is 16.1. The van der Waals surface area contributed by atoms with E-state index >= 15 is 0 Å². The average Bonchev–Trinajstić information content (AvgIpc) is 2.47. The van der Waals surface area contributed by atoms with Gasteiger partial charge < -0.3 is 14.8 Å². The molecule has 1 saturated carbocycles. The van der Waals surface area contributed by atoms with E-state index in [-0.39, 0.29) is 0 Å². The van der Waals surface area contributed by atoms with Crippen LogP contribution in [0.3, 0.4) is 0 Å². The summed E-state index contributed by atoms with van der Waals surface area (Å²) >= 11 is 6.33. The second-order valence-electron chi connectivity index (χ2n) is 5.45. The fourth-order valence-electron chi connectivity index (χ4n) is 2.77. The molecule has 20 heavy (non-hydrogen) atoms. The zero-order valence-corrected chi connectivity index (χ0v) is 13.1. The average molecular weight is 298 g/mol. The van der Waals surface area contributed by atoms with Crippen molar-refractivity contribution in [2.45, 2.75) is 38.6 Å². The van der Waals surface area contributed by atoms with Gasteiger partial charge in [0, 0.05) is 6.54 Å². The summed E-state index contributed by atoms with van der Waals surface area (Å²) in [6.07, 6.45) is 6.52. The molecule has 1 aromatic rings. The second-order valence-corrected chi connectivity index (χ2v) is 5.86. The molecule has 1 aliphatic carbocycles. The van der Waals surface area contributed by atoms with E-state index in [0.717, 1.165) is 24.5 Å². The molecule has 0 aliphatic heterocycles. The van der Waals surface area contributed by atoms with Crippen LogP contribution in [0.1, 0.15) is 37.7 Å². The molecule has 0 bridgehead atoms. The lowest BCUT2D eigenvalue weighted by molar-refractivity contribution is 0.202. The quantitative estimate of drug-likeness (QED) is 0.860. The number of halogens is 1. The van der Waals surface area contributed by atoms with E-state index in [0.29, 0.717) is 16.7 Å². The summed E-state index contributed by atoms with van der Waals surface area (Å²) in [4.78, 5) is 0. The Labute approximate surface area is 126 Å². The third-order valence-electron chi connectivity index (χ3n) is 3.86. The number of hydrogen-bond donors (Lipinski definition) is 1. The Morgan fingerprint density at radius 1 is 1.25 bits per heavy atom. The molecule has 3 nitrogen and oxygen atoms in total. The molecule has 0 atom stereocenters. The lowest BCUT2D eigenvalue weighted by Gasteiger charge is -2.22. The maximum absolute atomic E-state index is 6.33. The predicted molar refractivity (Wildman–Crippen MR) is 82.8 cm³/mol. The number of nitrogens with one attached hydrogen (secondary N) is 1. The molecular weight excluding hydrogens is 274 g/mol. The van der Waals surface area contributed by atoms with Crippen molar-refractivity contribution in [3.05, 3.63) is 22.7 Å². The van der Waals surface area contributed by atoms with E-state index < -0.39 is 0 Å². The monoisotopic (exact) mass is 297 g/mol. The fraction of sp³-hybridized carbons (Fsp3) is 0.625. The summed E-state index contributed by atoms with van der Waals surface area (Å²) in [5, 5.41) is 3.74. The molecule has 0 saturated heterocycles. The zero-order valence-electron chi connectivity index (χ0n) is 12.4. The summed E-state index contributed by atoms with van der Waals surface area (Å²) in [7, 11) is 3.57. The summed E-state index contributed by atoms with van der Waals surface area (Å²) in [5.41, 5.74) is 1.10. The molecule has 1 N–H and O–H groups in total. The SMILES string of the molecule is CNCc1cc(Cl)c(OCC2CCCCC2)c(OC)c1. The Morgan fingerprint density at radius 2 is 2.00 bits per heavy atom. The molecule has 0 aromatic heterocycles. The summed E-state index contributed by atoms with van der Waals surface area (Å²) in [6, 6.07) is 3.93. The Bertz CT molecular complexity index is 431. The summed E-state index contributed by atoms with van der Waals surface area (Å²) < 4.78 is 11.4. The molecule has 1 aromatic carbocycles. The van der Waals surface area contributed by atoms with Gasteiger partial charge in [0.25, 0.3) is 0 Å². The maximum Gasteiger partial charge on any atom is 0.179 e. The molecule has 112 valence electrons. The smallest absolute Gasteiger partial charge is 0.179 e. The Morgan fingerprint density at radius 3 is 2.65 bits per heavy atom. The van der Waals surface area contributed by atoms with Crippen molar-refractivity contribution in [2.75, 3.05) is 20.8 Å². The van der Waals surface area contributed by atoms with Crippen LogP contribution in [0.5, 0.6) is 11.5 Å². The van der Waals surface area contributed by atoms with Crippen LogP contribution in [-0.4, -0.2) is 20.8 Å². The highest BCUT2D eigenvalue weighted by Crippen LogP contribution is 2.37. The van der Waals surface area contributed by atoms with Gasteiger partial charge in [0.15, 0.2) is 11.5 Å². The lowest BCUT2D eigenvalue weighted by atomic mass is 9.90. The number of benzene rings is 1. The molecule has 0 heterocycles. The fourth-order valence-corrected chi connectivity index (χ4v) is 3.06. The van der Waals surface area contributed by atoms with Gasteiger partial charge >= 0.3 is 0 Å². The third-order valence-corrected chi connectivity index (χ3v) is 4.14. The summed E-state index contributed by atoms with van der Waals surface area (Å²) in [6.45, 7) is 1.50. The molecule has 0 unspecified atom stereocenters. The second kappa shape index (κ2) is 7.75. The first kappa shape index (κ1) is 15.5. The minimum atomic E-state index is 0.630. The van der Waals surface area contributed by atoms with Crippen molar-refractivity contribution in [3.63, 3.8) is 0 Å². The summed E-state index contributed by atoms with van der Waals surface area (Å²) in [5.74, 6) is 2.06. The van der Waals surface area contributed by atoms with Gasteiger partial charge in [-0.25, -0.2) is 0 Å².